The summed E-state index contributed by atoms with van der Waals surface area (Å²) in [6.45, 7) is 5.38. The van der Waals surface area contributed by atoms with Crippen LogP contribution >= 0.6 is 11.6 Å². The average molecular weight is 435 g/mol. The monoisotopic (exact) mass is 434 g/mol. The van der Waals surface area contributed by atoms with E-state index in [0.717, 1.165) is 57.9 Å². The lowest BCUT2D eigenvalue weighted by Crippen LogP contribution is -2.11. The highest BCUT2D eigenvalue weighted by molar-refractivity contribution is 6.32. The highest BCUT2D eigenvalue weighted by atomic mass is 35.5. The molecule has 31 heavy (non-hydrogen) atoms. The zero-order valence-corrected chi connectivity index (χ0v) is 18.6. The Labute approximate surface area is 188 Å². The summed E-state index contributed by atoms with van der Waals surface area (Å²) in [5.74, 6) is 1.53. The molecule has 0 amide bonds. The maximum atomic E-state index is 11.0. The molecule has 4 rings (SSSR count). The van der Waals surface area contributed by atoms with Gasteiger partial charge in [0.15, 0.2) is 0 Å². The van der Waals surface area contributed by atoms with E-state index in [-0.39, 0.29) is 0 Å². The topological polar surface area (TPSA) is 47.3 Å². The number of aromatic nitrogens is 2. The number of aryl methyl sites for hydroxylation is 3. The lowest BCUT2D eigenvalue weighted by Gasteiger charge is -2.15. The van der Waals surface area contributed by atoms with Crippen LogP contribution < -0.4 is 4.74 Å². The third kappa shape index (κ3) is 4.76. The number of ether oxygens (including phenoxy) is 1. The van der Waals surface area contributed by atoms with Crippen LogP contribution in [-0.2, 0) is 6.54 Å². The molecule has 0 spiro atoms. The number of rotatable bonds is 8. The number of unbranched alkanes of at least 4 members (excludes halogenated alkanes) is 1. The summed E-state index contributed by atoms with van der Waals surface area (Å²) in [6.07, 6.45) is 1.05. The molecule has 1 heterocycles. The Balaban J connectivity index is 1.44. The normalized spacial score (nSPS) is 12.3. The van der Waals surface area contributed by atoms with Gasteiger partial charge in [-0.2, -0.15) is 0 Å². The van der Waals surface area contributed by atoms with Crippen LogP contribution in [0, 0.1) is 13.8 Å². The summed E-state index contributed by atoms with van der Waals surface area (Å²) in [7, 11) is 0. The summed E-state index contributed by atoms with van der Waals surface area (Å²) in [4.78, 5) is 4.73. The molecule has 0 fully saturated rings. The van der Waals surface area contributed by atoms with Gasteiger partial charge in [0.1, 0.15) is 17.7 Å². The number of aliphatic hydroxyl groups is 1. The minimum atomic E-state index is -0.759. The van der Waals surface area contributed by atoms with Gasteiger partial charge in [-0.1, -0.05) is 54.1 Å². The van der Waals surface area contributed by atoms with E-state index in [1.54, 1.807) is 0 Å². The van der Waals surface area contributed by atoms with Gasteiger partial charge in [-0.3, -0.25) is 0 Å². The van der Waals surface area contributed by atoms with Gasteiger partial charge in [0.2, 0.25) is 0 Å². The van der Waals surface area contributed by atoms with Gasteiger partial charge in [-0.25, -0.2) is 4.98 Å². The van der Waals surface area contributed by atoms with Crippen LogP contribution in [-0.4, -0.2) is 21.3 Å². The second kappa shape index (κ2) is 9.54. The van der Waals surface area contributed by atoms with Crippen molar-refractivity contribution in [3.63, 3.8) is 0 Å². The summed E-state index contributed by atoms with van der Waals surface area (Å²) in [5.41, 5.74) is 4.84. The van der Waals surface area contributed by atoms with Crippen LogP contribution in [0.2, 0.25) is 5.02 Å². The van der Waals surface area contributed by atoms with Gasteiger partial charge < -0.3 is 14.4 Å². The number of imidazole rings is 1. The Morgan fingerprint density at radius 3 is 2.39 bits per heavy atom. The molecule has 0 radical (unpaired) electrons. The fourth-order valence-corrected chi connectivity index (χ4v) is 3.98. The Morgan fingerprint density at radius 1 is 0.968 bits per heavy atom. The number of para-hydroxylation sites is 2. The molecule has 1 aromatic heterocycles. The van der Waals surface area contributed by atoms with E-state index in [0.29, 0.717) is 12.4 Å². The Hall–Kier alpha value is -2.82. The van der Waals surface area contributed by atoms with Crippen LogP contribution in [0.25, 0.3) is 11.0 Å². The van der Waals surface area contributed by atoms with Crippen molar-refractivity contribution in [3.8, 4) is 5.75 Å². The lowest BCUT2D eigenvalue weighted by atomic mass is 10.1. The molecule has 0 aliphatic heterocycles. The molecule has 0 aliphatic carbocycles. The summed E-state index contributed by atoms with van der Waals surface area (Å²) < 4.78 is 8.07. The van der Waals surface area contributed by atoms with Gasteiger partial charge >= 0.3 is 0 Å². The van der Waals surface area contributed by atoms with Gasteiger partial charge in [-0.05, 0) is 67.6 Å². The van der Waals surface area contributed by atoms with E-state index in [9.17, 15) is 5.11 Å². The number of aliphatic hydroxyl groups excluding tert-OH is 1. The van der Waals surface area contributed by atoms with E-state index in [4.69, 9.17) is 21.3 Å². The second-order valence-electron chi connectivity index (χ2n) is 7.85. The fraction of sp³-hybridized carbons (Fsp3) is 0.269. The molecule has 0 saturated heterocycles. The van der Waals surface area contributed by atoms with Crippen LogP contribution in [0.4, 0.5) is 0 Å². The molecule has 5 heteroatoms. The van der Waals surface area contributed by atoms with Crippen molar-refractivity contribution < 1.29 is 9.84 Å². The third-order valence-electron chi connectivity index (χ3n) is 5.50. The van der Waals surface area contributed by atoms with Crippen LogP contribution in [0.15, 0.2) is 66.7 Å². The second-order valence-corrected chi connectivity index (χ2v) is 8.23. The quantitative estimate of drug-likeness (QED) is 0.333. The maximum Gasteiger partial charge on any atom is 0.143 e. The van der Waals surface area contributed by atoms with Crippen molar-refractivity contribution in [2.45, 2.75) is 39.3 Å². The van der Waals surface area contributed by atoms with E-state index in [1.165, 1.54) is 0 Å². The minimum absolute atomic E-state index is 0.629. The number of halogens is 1. The molecular formula is C26H27ClN2O2. The maximum absolute atomic E-state index is 11.0. The van der Waals surface area contributed by atoms with Crippen LogP contribution in [0.3, 0.4) is 0 Å². The standard InChI is InChI=1S/C26H27ClN2O2/c1-18-16-21(17-19(2)24(18)27)31-15-9-8-14-29-23-13-7-6-12-22(23)28-26(29)25(30)20-10-4-3-5-11-20/h3-7,10-13,16-17,25,30H,8-9,14-15H2,1-2H3. The van der Waals surface area contributed by atoms with Crippen LogP contribution in [0.5, 0.6) is 5.75 Å². The largest absolute Gasteiger partial charge is 0.494 e. The molecule has 0 aliphatic rings. The van der Waals surface area contributed by atoms with Crippen molar-refractivity contribution in [1.29, 1.82) is 0 Å². The van der Waals surface area contributed by atoms with Crippen molar-refractivity contribution in [1.82, 2.24) is 9.55 Å². The molecule has 4 aromatic rings. The third-order valence-corrected chi connectivity index (χ3v) is 6.09. The van der Waals surface area contributed by atoms with E-state index in [1.807, 2.05) is 74.5 Å². The molecule has 1 unspecified atom stereocenters. The first-order chi connectivity index (χ1) is 15.0. The van der Waals surface area contributed by atoms with Crippen LogP contribution in [0.1, 0.15) is 41.5 Å². The molecule has 1 atom stereocenters. The Kier molecular flexibility index (Phi) is 6.59. The molecule has 0 bridgehead atoms. The predicted octanol–water partition coefficient (Wildman–Crippen LogP) is 6.25. The van der Waals surface area contributed by atoms with Gasteiger partial charge in [-0.15, -0.1) is 0 Å². The van der Waals surface area contributed by atoms with Gasteiger partial charge in [0, 0.05) is 11.6 Å². The first kappa shape index (κ1) is 21.4. The van der Waals surface area contributed by atoms with E-state index in [2.05, 4.69) is 10.6 Å². The number of hydrogen-bond donors (Lipinski definition) is 1. The highest BCUT2D eigenvalue weighted by Gasteiger charge is 2.19. The van der Waals surface area contributed by atoms with Gasteiger partial charge in [0.05, 0.1) is 17.6 Å². The van der Waals surface area contributed by atoms with Gasteiger partial charge in [0.25, 0.3) is 0 Å². The zero-order chi connectivity index (χ0) is 21.8. The Bertz CT molecular complexity index is 1150. The predicted molar refractivity (Wildman–Crippen MR) is 126 cm³/mol. The number of benzene rings is 3. The molecule has 4 nitrogen and oxygen atoms in total. The van der Waals surface area contributed by atoms with Crippen molar-refractivity contribution in [2.75, 3.05) is 6.61 Å². The zero-order valence-electron chi connectivity index (χ0n) is 17.9. The smallest absolute Gasteiger partial charge is 0.143 e. The summed E-state index contributed by atoms with van der Waals surface area (Å²) in [6, 6.07) is 21.7. The lowest BCUT2D eigenvalue weighted by molar-refractivity contribution is 0.204. The fourth-order valence-electron chi connectivity index (χ4n) is 3.87. The minimum Gasteiger partial charge on any atom is -0.494 e. The average Bonchev–Trinajstić information content (AvgIpc) is 3.16. The Morgan fingerprint density at radius 2 is 1.65 bits per heavy atom. The van der Waals surface area contributed by atoms with Crippen molar-refractivity contribution in [2.24, 2.45) is 0 Å². The van der Waals surface area contributed by atoms with Crippen molar-refractivity contribution in [3.05, 3.63) is 94.3 Å². The molecule has 3 aromatic carbocycles. The molecule has 0 saturated carbocycles. The summed E-state index contributed by atoms with van der Waals surface area (Å²) >= 11 is 6.24. The highest BCUT2D eigenvalue weighted by Crippen LogP contribution is 2.27. The van der Waals surface area contributed by atoms with Crippen molar-refractivity contribution >= 4 is 22.6 Å². The SMILES string of the molecule is Cc1cc(OCCCCn2c(C(O)c3ccccc3)nc3ccccc32)cc(C)c1Cl. The molecular weight excluding hydrogens is 408 g/mol. The van der Waals surface area contributed by atoms with E-state index >= 15 is 0 Å². The molecule has 160 valence electrons. The molecule has 1 N–H and O–H groups in total. The number of hydrogen-bond acceptors (Lipinski definition) is 3. The number of fused-ring (bicyclic) bond motifs is 1. The summed E-state index contributed by atoms with van der Waals surface area (Å²) in [5, 5.41) is 11.8. The number of nitrogens with zero attached hydrogens (tertiary/aromatic N) is 2. The first-order valence-electron chi connectivity index (χ1n) is 10.6. The first-order valence-corrected chi connectivity index (χ1v) is 11.0. The van der Waals surface area contributed by atoms with E-state index < -0.39 is 6.10 Å².